The van der Waals surface area contributed by atoms with E-state index in [1.165, 1.54) is 44.9 Å². The number of aliphatic imine (C=N–C) groups is 1. The predicted octanol–water partition coefficient (Wildman–Crippen LogP) is 4.86. The highest BCUT2D eigenvalue weighted by atomic mass is 15.0. The quantitative estimate of drug-likeness (QED) is 0.802. The Morgan fingerprint density at radius 2 is 1.56 bits per heavy atom. The number of fused-ring (bicyclic) bond motifs is 1. The van der Waals surface area contributed by atoms with E-state index in [1.807, 2.05) is 0 Å². The third-order valence-corrected chi connectivity index (χ3v) is 6.27. The molecule has 142 valence electrons. The first-order valence-corrected chi connectivity index (χ1v) is 10.2. The van der Waals surface area contributed by atoms with E-state index in [0.717, 1.165) is 38.9 Å². The molecule has 3 nitrogen and oxygen atoms in total. The number of hydrogen-bond acceptors (Lipinski definition) is 2. The van der Waals surface area contributed by atoms with Gasteiger partial charge in [-0.3, -0.25) is 4.99 Å². The zero-order chi connectivity index (χ0) is 19.0. The summed E-state index contributed by atoms with van der Waals surface area (Å²) in [4.78, 5) is 5.14. The number of hydrogen-bond donors (Lipinski definition) is 2. The minimum Gasteiger partial charge on any atom is -0.343 e. The number of anilines is 1. The van der Waals surface area contributed by atoms with Crippen molar-refractivity contribution in [3.05, 3.63) is 63.7 Å². The second-order valence-corrected chi connectivity index (χ2v) is 8.59. The van der Waals surface area contributed by atoms with Crippen molar-refractivity contribution in [3.8, 4) is 0 Å². The van der Waals surface area contributed by atoms with Crippen LogP contribution in [-0.4, -0.2) is 18.9 Å². The average Bonchev–Trinajstić information content (AvgIpc) is 2.62. The average molecular weight is 362 g/mol. The highest BCUT2D eigenvalue weighted by molar-refractivity contribution is 6.02. The second kappa shape index (κ2) is 7.12. The summed E-state index contributed by atoms with van der Waals surface area (Å²) >= 11 is 0. The summed E-state index contributed by atoms with van der Waals surface area (Å²) in [5.74, 6) is 1.19. The van der Waals surface area contributed by atoms with Crippen molar-refractivity contribution < 1.29 is 0 Å². The lowest BCUT2D eigenvalue weighted by Crippen LogP contribution is -2.48. The lowest BCUT2D eigenvalue weighted by Gasteiger charge is -2.43. The van der Waals surface area contributed by atoms with Crippen LogP contribution in [0.2, 0.25) is 0 Å². The molecule has 0 aromatic heterocycles. The predicted molar refractivity (Wildman–Crippen MR) is 115 cm³/mol. The van der Waals surface area contributed by atoms with Gasteiger partial charge in [-0.05, 0) is 88.4 Å². The fourth-order valence-electron chi connectivity index (χ4n) is 4.70. The molecule has 0 atom stereocenters. The maximum atomic E-state index is 5.14. The zero-order valence-corrected chi connectivity index (χ0v) is 17.1. The molecule has 0 aliphatic carbocycles. The molecular weight excluding hydrogens is 330 g/mol. The van der Waals surface area contributed by atoms with E-state index in [2.05, 4.69) is 68.7 Å². The Balaban J connectivity index is 1.70. The van der Waals surface area contributed by atoms with E-state index in [0.29, 0.717) is 0 Å². The van der Waals surface area contributed by atoms with Gasteiger partial charge in [0.15, 0.2) is 0 Å². The molecule has 0 radical (unpaired) electrons. The first-order valence-electron chi connectivity index (χ1n) is 10.2. The van der Waals surface area contributed by atoms with Gasteiger partial charge in [0.05, 0.1) is 6.54 Å². The first kappa shape index (κ1) is 18.2. The number of piperidine rings is 1. The molecule has 1 saturated heterocycles. The van der Waals surface area contributed by atoms with Gasteiger partial charge in [-0.25, -0.2) is 0 Å². The van der Waals surface area contributed by atoms with Gasteiger partial charge in [-0.1, -0.05) is 35.4 Å². The van der Waals surface area contributed by atoms with Crippen LogP contribution in [0, 0.1) is 33.1 Å². The van der Waals surface area contributed by atoms with Crippen LogP contribution in [0.25, 0.3) is 0 Å². The van der Waals surface area contributed by atoms with Crippen molar-refractivity contribution in [2.45, 2.75) is 53.5 Å². The van der Waals surface area contributed by atoms with E-state index < -0.39 is 0 Å². The Kier molecular flexibility index (Phi) is 4.81. The third kappa shape index (κ3) is 3.66. The number of amidine groups is 1. The van der Waals surface area contributed by atoms with Gasteiger partial charge in [0, 0.05) is 11.1 Å². The molecule has 1 fully saturated rings. The Morgan fingerprint density at radius 3 is 2.26 bits per heavy atom. The van der Waals surface area contributed by atoms with Crippen molar-refractivity contribution in [1.82, 2.24) is 5.32 Å². The zero-order valence-electron chi connectivity index (χ0n) is 17.1. The Labute approximate surface area is 163 Å². The number of benzene rings is 2. The summed E-state index contributed by atoms with van der Waals surface area (Å²) in [5.41, 5.74) is 9.51. The van der Waals surface area contributed by atoms with Crippen molar-refractivity contribution in [1.29, 1.82) is 0 Å². The Hall–Kier alpha value is -2.13. The van der Waals surface area contributed by atoms with Crippen molar-refractivity contribution in [2.75, 3.05) is 18.4 Å². The van der Waals surface area contributed by atoms with Crippen LogP contribution in [0.1, 0.15) is 46.2 Å². The molecule has 2 heterocycles. The summed E-state index contributed by atoms with van der Waals surface area (Å²) in [6.07, 6.45) is 3.40. The van der Waals surface area contributed by atoms with E-state index >= 15 is 0 Å². The Morgan fingerprint density at radius 1 is 0.889 bits per heavy atom. The maximum absolute atomic E-state index is 5.14. The van der Waals surface area contributed by atoms with Gasteiger partial charge in [0.2, 0.25) is 0 Å². The molecule has 2 aliphatic heterocycles. The van der Waals surface area contributed by atoms with E-state index in [9.17, 15) is 0 Å². The lowest BCUT2D eigenvalue weighted by atomic mass is 9.70. The molecule has 0 saturated carbocycles. The van der Waals surface area contributed by atoms with Crippen LogP contribution in [0.5, 0.6) is 0 Å². The highest BCUT2D eigenvalue weighted by Crippen LogP contribution is 2.41. The van der Waals surface area contributed by atoms with Gasteiger partial charge < -0.3 is 10.6 Å². The summed E-state index contributed by atoms with van der Waals surface area (Å²) in [6.45, 7) is 11.6. The topological polar surface area (TPSA) is 36.4 Å². The molecule has 27 heavy (non-hydrogen) atoms. The van der Waals surface area contributed by atoms with Crippen molar-refractivity contribution in [3.63, 3.8) is 0 Å². The van der Waals surface area contributed by atoms with Crippen LogP contribution in [0.3, 0.4) is 0 Å². The van der Waals surface area contributed by atoms with Gasteiger partial charge in [-0.2, -0.15) is 0 Å². The fourth-order valence-corrected chi connectivity index (χ4v) is 4.70. The molecule has 0 bridgehead atoms. The lowest BCUT2D eigenvalue weighted by molar-refractivity contribution is 0.293. The van der Waals surface area contributed by atoms with Crippen LogP contribution in [-0.2, 0) is 13.0 Å². The standard InChI is InChI=1S/C24H31N3/c1-16-9-17(2)11-20(10-16)15-26-23-24(5-7-25-8-6-24)14-21-12-18(3)19(4)13-22(21)27-23/h9-13,25H,5-8,14-15H2,1-4H3,(H,26,27). The van der Waals surface area contributed by atoms with Gasteiger partial charge in [0.25, 0.3) is 0 Å². The molecule has 2 N–H and O–H groups in total. The fraction of sp³-hybridized carbons (Fsp3) is 0.458. The summed E-state index contributed by atoms with van der Waals surface area (Å²) in [6, 6.07) is 11.4. The van der Waals surface area contributed by atoms with Gasteiger partial charge in [-0.15, -0.1) is 0 Å². The van der Waals surface area contributed by atoms with Crippen LogP contribution < -0.4 is 10.6 Å². The number of nitrogens with one attached hydrogen (secondary N) is 2. The minimum absolute atomic E-state index is 0.152. The van der Waals surface area contributed by atoms with Crippen LogP contribution >= 0.6 is 0 Å². The largest absolute Gasteiger partial charge is 0.343 e. The Bertz CT molecular complexity index is 868. The second-order valence-electron chi connectivity index (χ2n) is 8.59. The maximum Gasteiger partial charge on any atom is 0.108 e. The number of nitrogens with zero attached hydrogens (tertiary/aromatic N) is 1. The molecule has 2 aromatic carbocycles. The minimum atomic E-state index is 0.152. The molecular formula is C24H31N3. The van der Waals surface area contributed by atoms with Crippen LogP contribution in [0.15, 0.2) is 35.3 Å². The normalized spacial score (nSPS) is 19.8. The van der Waals surface area contributed by atoms with Gasteiger partial charge >= 0.3 is 0 Å². The molecule has 2 aromatic rings. The van der Waals surface area contributed by atoms with Crippen molar-refractivity contribution >= 4 is 11.5 Å². The summed E-state index contributed by atoms with van der Waals surface area (Å²) in [5, 5.41) is 7.27. The number of aryl methyl sites for hydroxylation is 4. The molecule has 0 amide bonds. The third-order valence-electron chi connectivity index (χ3n) is 6.27. The smallest absolute Gasteiger partial charge is 0.108 e. The number of rotatable bonds is 2. The molecule has 0 unspecified atom stereocenters. The molecule has 1 spiro atoms. The van der Waals surface area contributed by atoms with Crippen molar-refractivity contribution in [2.24, 2.45) is 10.4 Å². The molecule has 4 rings (SSSR count). The summed E-state index contributed by atoms with van der Waals surface area (Å²) < 4.78 is 0. The monoisotopic (exact) mass is 361 g/mol. The summed E-state index contributed by atoms with van der Waals surface area (Å²) in [7, 11) is 0. The van der Waals surface area contributed by atoms with E-state index in [4.69, 9.17) is 4.99 Å². The van der Waals surface area contributed by atoms with Gasteiger partial charge in [0.1, 0.15) is 5.84 Å². The van der Waals surface area contributed by atoms with E-state index in [1.54, 1.807) is 0 Å². The van der Waals surface area contributed by atoms with Crippen LogP contribution in [0.4, 0.5) is 5.69 Å². The SMILES string of the molecule is Cc1cc(C)cc(CN=C2Nc3cc(C)c(C)cc3CC23CCNCC3)c1. The first-order chi connectivity index (χ1) is 12.9. The highest BCUT2D eigenvalue weighted by Gasteiger charge is 2.41. The van der Waals surface area contributed by atoms with E-state index in [-0.39, 0.29) is 5.41 Å². The molecule has 3 heteroatoms. The molecule has 2 aliphatic rings.